The lowest BCUT2D eigenvalue weighted by Gasteiger charge is -2.18. The Bertz CT molecular complexity index is 560. The molecule has 0 atom stereocenters. The van der Waals surface area contributed by atoms with Gasteiger partial charge in [0.05, 0.1) is 17.7 Å². The topological polar surface area (TPSA) is 81.9 Å². The molecule has 7 heteroatoms. The molecule has 142 valence electrons. The van der Waals surface area contributed by atoms with Crippen LogP contribution in [0.3, 0.4) is 0 Å². The molecule has 0 fully saturated rings. The number of rotatable bonds is 9. The van der Waals surface area contributed by atoms with E-state index in [0.29, 0.717) is 6.54 Å². The second-order valence-corrected chi connectivity index (χ2v) is 5.92. The number of anilines is 1. The van der Waals surface area contributed by atoms with Crippen molar-refractivity contribution in [2.75, 3.05) is 38.6 Å². The molecule has 25 heavy (non-hydrogen) atoms. The van der Waals surface area contributed by atoms with Crippen molar-refractivity contribution in [3.05, 3.63) is 29.3 Å². The Morgan fingerprint density at radius 2 is 1.76 bits per heavy atom. The maximum atomic E-state index is 12.3. The van der Waals surface area contributed by atoms with E-state index in [1.807, 2.05) is 27.7 Å². The Morgan fingerprint density at radius 1 is 1.12 bits per heavy atom. The average molecular weight is 373 g/mol. The Morgan fingerprint density at radius 3 is 2.32 bits per heavy atom. The lowest BCUT2D eigenvalue weighted by Crippen LogP contribution is -2.28. The van der Waals surface area contributed by atoms with Crippen LogP contribution in [0.2, 0.25) is 0 Å². The number of hydrogen-bond acceptors (Lipinski definition) is 6. The van der Waals surface area contributed by atoms with Gasteiger partial charge in [-0.3, -0.25) is 0 Å². The molecule has 1 aromatic carbocycles. The number of esters is 2. The van der Waals surface area contributed by atoms with Gasteiger partial charge >= 0.3 is 11.9 Å². The van der Waals surface area contributed by atoms with Crippen LogP contribution in [0.1, 0.15) is 48.4 Å². The number of hydrogen-bond donors (Lipinski definition) is 1. The standard InChI is InChI=1S/C18H28N2O4.ClH/c1-5-20(6-2)10-11-23-17(21)14-8-7-9-15(19)16(14)18(22)24-12-13(3)4;/h7-9,13H,5-6,10-12,19H2,1-4H3;1H. The lowest BCUT2D eigenvalue weighted by atomic mass is 10.1. The first-order chi connectivity index (χ1) is 11.4. The Labute approximate surface area is 156 Å². The highest BCUT2D eigenvalue weighted by atomic mass is 35.5. The molecule has 0 heterocycles. The molecule has 6 nitrogen and oxygen atoms in total. The summed E-state index contributed by atoms with van der Waals surface area (Å²) in [5.41, 5.74) is 6.30. The first-order valence-corrected chi connectivity index (χ1v) is 8.35. The summed E-state index contributed by atoms with van der Waals surface area (Å²) < 4.78 is 10.5. The number of carbonyl (C=O) groups excluding carboxylic acids is 2. The molecule has 0 aromatic heterocycles. The molecule has 1 aromatic rings. The quantitative estimate of drug-likeness (QED) is 0.530. The number of nitrogens with two attached hydrogens (primary N) is 1. The van der Waals surface area contributed by atoms with Gasteiger partial charge in [-0.2, -0.15) is 0 Å². The fourth-order valence-electron chi connectivity index (χ4n) is 2.17. The lowest BCUT2D eigenvalue weighted by molar-refractivity contribution is 0.0417. The number of halogens is 1. The van der Waals surface area contributed by atoms with E-state index in [1.54, 1.807) is 12.1 Å². The summed E-state index contributed by atoms with van der Waals surface area (Å²) in [4.78, 5) is 26.7. The Hall–Kier alpha value is -1.79. The van der Waals surface area contributed by atoms with Gasteiger partial charge in [0.15, 0.2) is 0 Å². The first kappa shape index (κ1) is 23.2. The second-order valence-electron chi connectivity index (χ2n) is 5.92. The zero-order chi connectivity index (χ0) is 18.1. The van der Waals surface area contributed by atoms with E-state index in [-0.39, 0.29) is 48.4 Å². The molecule has 0 unspecified atom stereocenters. The number of carbonyl (C=O) groups is 2. The molecular formula is C18H29ClN2O4. The maximum absolute atomic E-state index is 12.3. The summed E-state index contributed by atoms with van der Waals surface area (Å²) in [7, 11) is 0. The van der Waals surface area contributed by atoms with E-state index < -0.39 is 11.9 Å². The van der Waals surface area contributed by atoms with Crippen LogP contribution < -0.4 is 5.73 Å². The van der Waals surface area contributed by atoms with Crippen molar-refractivity contribution in [2.24, 2.45) is 5.92 Å². The molecule has 2 N–H and O–H groups in total. The molecule has 0 radical (unpaired) electrons. The minimum Gasteiger partial charge on any atom is -0.462 e. The zero-order valence-electron chi connectivity index (χ0n) is 15.4. The van der Waals surface area contributed by atoms with Crippen LogP contribution in [0.5, 0.6) is 0 Å². The molecular weight excluding hydrogens is 344 g/mol. The molecule has 0 aliphatic rings. The predicted octanol–water partition coefficient (Wildman–Crippen LogP) is 3.00. The van der Waals surface area contributed by atoms with Gasteiger partial charge in [-0.1, -0.05) is 33.8 Å². The van der Waals surface area contributed by atoms with E-state index >= 15 is 0 Å². The molecule has 0 spiro atoms. The van der Waals surface area contributed by atoms with Gasteiger partial charge in [0, 0.05) is 12.2 Å². The summed E-state index contributed by atoms with van der Waals surface area (Å²) in [6.07, 6.45) is 0. The van der Waals surface area contributed by atoms with Gasteiger partial charge in [0.2, 0.25) is 0 Å². The van der Waals surface area contributed by atoms with Crippen LogP contribution in [0.25, 0.3) is 0 Å². The fraction of sp³-hybridized carbons (Fsp3) is 0.556. The van der Waals surface area contributed by atoms with Crippen molar-refractivity contribution >= 4 is 30.0 Å². The molecule has 0 saturated carbocycles. The summed E-state index contributed by atoms with van der Waals surface area (Å²) in [6.45, 7) is 10.9. The zero-order valence-corrected chi connectivity index (χ0v) is 16.2. The molecule has 0 amide bonds. The van der Waals surface area contributed by atoms with E-state index in [4.69, 9.17) is 15.2 Å². The van der Waals surface area contributed by atoms with Crippen LogP contribution in [-0.4, -0.2) is 49.7 Å². The minimum absolute atomic E-state index is 0. The van der Waals surface area contributed by atoms with Crippen LogP contribution in [0.4, 0.5) is 5.69 Å². The summed E-state index contributed by atoms with van der Waals surface area (Å²) in [6, 6.07) is 4.72. The second kappa shape index (κ2) is 11.7. The van der Waals surface area contributed by atoms with E-state index in [1.165, 1.54) is 6.07 Å². The predicted molar refractivity (Wildman–Crippen MR) is 101 cm³/mol. The van der Waals surface area contributed by atoms with E-state index in [2.05, 4.69) is 4.90 Å². The normalized spacial score (nSPS) is 10.5. The number of nitrogens with zero attached hydrogens (tertiary/aromatic N) is 1. The van der Waals surface area contributed by atoms with E-state index in [9.17, 15) is 9.59 Å². The number of likely N-dealkylation sites (N-methyl/N-ethyl adjacent to an activating group) is 1. The summed E-state index contributed by atoms with van der Waals surface area (Å²) in [5.74, 6) is -0.966. The van der Waals surface area contributed by atoms with Crippen molar-refractivity contribution in [1.29, 1.82) is 0 Å². The minimum atomic E-state index is -0.600. The third-order valence-electron chi connectivity index (χ3n) is 3.60. The highest BCUT2D eigenvalue weighted by Gasteiger charge is 2.22. The highest BCUT2D eigenvalue weighted by molar-refractivity contribution is 6.06. The monoisotopic (exact) mass is 372 g/mol. The third kappa shape index (κ3) is 7.32. The van der Waals surface area contributed by atoms with Gasteiger partial charge in [0.25, 0.3) is 0 Å². The largest absolute Gasteiger partial charge is 0.462 e. The Kier molecular flexibility index (Phi) is 10.9. The molecule has 0 aliphatic heterocycles. The van der Waals surface area contributed by atoms with Crippen LogP contribution in [0, 0.1) is 5.92 Å². The van der Waals surface area contributed by atoms with Crippen molar-refractivity contribution < 1.29 is 19.1 Å². The van der Waals surface area contributed by atoms with Crippen molar-refractivity contribution in [3.63, 3.8) is 0 Å². The number of nitrogen functional groups attached to an aromatic ring is 1. The first-order valence-electron chi connectivity index (χ1n) is 8.35. The van der Waals surface area contributed by atoms with Gasteiger partial charge in [-0.15, -0.1) is 12.4 Å². The van der Waals surface area contributed by atoms with Gasteiger partial charge in [-0.05, 0) is 31.1 Å². The SMILES string of the molecule is CCN(CC)CCOC(=O)c1cccc(N)c1C(=O)OCC(C)C.Cl. The van der Waals surface area contributed by atoms with Gasteiger partial charge < -0.3 is 20.1 Å². The number of ether oxygens (including phenoxy) is 2. The molecule has 0 saturated heterocycles. The van der Waals surface area contributed by atoms with Gasteiger partial charge in [0.1, 0.15) is 6.61 Å². The average Bonchev–Trinajstić information content (AvgIpc) is 2.56. The van der Waals surface area contributed by atoms with Crippen molar-refractivity contribution in [2.45, 2.75) is 27.7 Å². The molecule has 0 bridgehead atoms. The Balaban J connectivity index is 0.00000576. The summed E-state index contributed by atoms with van der Waals surface area (Å²) >= 11 is 0. The smallest absolute Gasteiger partial charge is 0.341 e. The third-order valence-corrected chi connectivity index (χ3v) is 3.60. The van der Waals surface area contributed by atoms with E-state index in [0.717, 1.165) is 13.1 Å². The number of benzene rings is 1. The molecule has 1 rings (SSSR count). The molecule has 0 aliphatic carbocycles. The van der Waals surface area contributed by atoms with Crippen molar-refractivity contribution in [3.8, 4) is 0 Å². The van der Waals surface area contributed by atoms with Gasteiger partial charge in [-0.25, -0.2) is 9.59 Å². The highest BCUT2D eigenvalue weighted by Crippen LogP contribution is 2.20. The van der Waals surface area contributed by atoms with Crippen molar-refractivity contribution in [1.82, 2.24) is 4.90 Å². The summed E-state index contributed by atoms with van der Waals surface area (Å²) in [5, 5.41) is 0. The maximum Gasteiger partial charge on any atom is 0.341 e. The van der Waals surface area contributed by atoms with Crippen LogP contribution >= 0.6 is 12.4 Å². The van der Waals surface area contributed by atoms with Crippen LogP contribution in [-0.2, 0) is 9.47 Å². The van der Waals surface area contributed by atoms with Crippen LogP contribution in [0.15, 0.2) is 18.2 Å². The fourth-order valence-corrected chi connectivity index (χ4v) is 2.17.